The quantitative estimate of drug-likeness (QED) is 0.922. The SMILES string of the molecule is CC(C)CC(C(=O)O)c1ncc(Br)cc1Cl. The smallest absolute Gasteiger partial charge is 0.312 e. The Labute approximate surface area is 108 Å². The molecular weight excluding hydrogens is 293 g/mol. The summed E-state index contributed by atoms with van der Waals surface area (Å²) in [5, 5.41) is 9.55. The van der Waals surface area contributed by atoms with Crippen molar-refractivity contribution in [3.05, 3.63) is 27.5 Å². The number of halogens is 2. The molecule has 0 amide bonds. The molecule has 1 aromatic rings. The summed E-state index contributed by atoms with van der Waals surface area (Å²) in [6.07, 6.45) is 2.10. The fraction of sp³-hybridized carbons (Fsp3) is 0.455. The van der Waals surface area contributed by atoms with Gasteiger partial charge in [-0.2, -0.15) is 0 Å². The molecule has 1 rings (SSSR count). The fourth-order valence-corrected chi connectivity index (χ4v) is 2.24. The van der Waals surface area contributed by atoms with Gasteiger partial charge in [-0.1, -0.05) is 25.4 Å². The molecule has 3 nitrogen and oxygen atoms in total. The first-order valence-corrected chi connectivity index (χ1v) is 6.12. The summed E-state index contributed by atoms with van der Waals surface area (Å²) in [6, 6.07) is 1.67. The predicted molar refractivity (Wildman–Crippen MR) is 66.8 cm³/mol. The molecule has 5 heteroatoms. The van der Waals surface area contributed by atoms with Crippen LogP contribution in [-0.4, -0.2) is 16.1 Å². The van der Waals surface area contributed by atoms with E-state index in [1.807, 2.05) is 13.8 Å². The minimum absolute atomic E-state index is 0.280. The van der Waals surface area contributed by atoms with Gasteiger partial charge in [-0.3, -0.25) is 9.78 Å². The van der Waals surface area contributed by atoms with E-state index in [4.69, 9.17) is 16.7 Å². The number of carboxylic acid groups (broad SMARTS) is 1. The van der Waals surface area contributed by atoms with E-state index in [0.29, 0.717) is 17.1 Å². The number of hydrogen-bond donors (Lipinski definition) is 1. The molecule has 0 saturated carbocycles. The minimum Gasteiger partial charge on any atom is -0.481 e. The van der Waals surface area contributed by atoms with Crippen LogP contribution in [0.5, 0.6) is 0 Å². The van der Waals surface area contributed by atoms with Gasteiger partial charge in [-0.15, -0.1) is 0 Å². The van der Waals surface area contributed by atoms with Crippen molar-refractivity contribution in [1.29, 1.82) is 0 Å². The van der Waals surface area contributed by atoms with Crippen molar-refractivity contribution < 1.29 is 9.90 Å². The lowest BCUT2D eigenvalue weighted by atomic mass is 9.94. The maximum Gasteiger partial charge on any atom is 0.312 e. The highest BCUT2D eigenvalue weighted by Crippen LogP contribution is 2.29. The molecule has 1 heterocycles. The molecule has 0 spiro atoms. The first kappa shape index (κ1) is 13.5. The molecule has 0 aliphatic rings. The highest BCUT2D eigenvalue weighted by Gasteiger charge is 2.24. The fourth-order valence-electron chi connectivity index (χ4n) is 1.48. The number of aromatic nitrogens is 1. The summed E-state index contributed by atoms with van der Waals surface area (Å²) < 4.78 is 0.745. The summed E-state index contributed by atoms with van der Waals surface area (Å²) >= 11 is 9.23. The van der Waals surface area contributed by atoms with Gasteiger partial charge < -0.3 is 5.11 Å². The minimum atomic E-state index is -0.884. The van der Waals surface area contributed by atoms with Gasteiger partial charge in [-0.05, 0) is 34.3 Å². The molecule has 0 bridgehead atoms. The van der Waals surface area contributed by atoms with E-state index in [0.717, 1.165) is 4.47 Å². The average Bonchev–Trinajstić information content (AvgIpc) is 2.14. The van der Waals surface area contributed by atoms with Crippen LogP contribution >= 0.6 is 27.5 Å². The van der Waals surface area contributed by atoms with Crippen LogP contribution in [0.2, 0.25) is 5.02 Å². The van der Waals surface area contributed by atoms with Gasteiger partial charge in [0.2, 0.25) is 0 Å². The summed E-state index contributed by atoms with van der Waals surface area (Å²) in [5.41, 5.74) is 0.436. The summed E-state index contributed by atoms with van der Waals surface area (Å²) in [4.78, 5) is 15.3. The Kier molecular flexibility index (Phi) is 4.74. The molecule has 1 atom stereocenters. The number of carbonyl (C=O) groups is 1. The lowest BCUT2D eigenvalue weighted by Crippen LogP contribution is -2.15. The van der Waals surface area contributed by atoms with Crippen LogP contribution in [0.3, 0.4) is 0 Å². The van der Waals surface area contributed by atoms with Gasteiger partial charge in [0, 0.05) is 10.7 Å². The Morgan fingerprint density at radius 3 is 2.69 bits per heavy atom. The second kappa shape index (κ2) is 5.64. The van der Waals surface area contributed by atoms with Crippen molar-refractivity contribution in [2.75, 3.05) is 0 Å². The third-order valence-corrected chi connectivity index (χ3v) is 2.91. The topological polar surface area (TPSA) is 50.2 Å². The third-order valence-electron chi connectivity index (χ3n) is 2.17. The number of hydrogen-bond acceptors (Lipinski definition) is 2. The molecule has 1 aromatic heterocycles. The number of pyridine rings is 1. The maximum atomic E-state index is 11.2. The van der Waals surface area contributed by atoms with Gasteiger partial charge in [0.15, 0.2) is 0 Å². The summed E-state index contributed by atoms with van der Waals surface area (Å²) in [7, 11) is 0. The van der Waals surface area contributed by atoms with Crippen molar-refractivity contribution in [3.63, 3.8) is 0 Å². The van der Waals surface area contributed by atoms with Crippen LogP contribution in [0, 0.1) is 5.92 Å². The number of aliphatic carboxylic acids is 1. The molecule has 0 radical (unpaired) electrons. The van der Waals surface area contributed by atoms with Crippen molar-refractivity contribution in [2.45, 2.75) is 26.2 Å². The van der Waals surface area contributed by atoms with Gasteiger partial charge in [0.1, 0.15) is 5.92 Å². The van der Waals surface area contributed by atoms with E-state index >= 15 is 0 Å². The van der Waals surface area contributed by atoms with E-state index in [1.54, 1.807) is 12.3 Å². The van der Waals surface area contributed by atoms with Gasteiger partial charge in [0.05, 0.1) is 10.7 Å². The van der Waals surface area contributed by atoms with Crippen LogP contribution in [0.4, 0.5) is 0 Å². The van der Waals surface area contributed by atoms with Gasteiger partial charge in [-0.25, -0.2) is 0 Å². The predicted octanol–water partition coefficient (Wildman–Crippen LogP) is 3.71. The van der Waals surface area contributed by atoms with Crippen LogP contribution in [0.15, 0.2) is 16.7 Å². The van der Waals surface area contributed by atoms with Crippen molar-refractivity contribution >= 4 is 33.5 Å². The normalized spacial score (nSPS) is 12.8. The van der Waals surface area contributed by atoms with Crippen LogP contribution in [-0.2, 0) is 4.79 Å². The average molecular weight is 307 g/mol. The van der Waals surface area contributed by atoms with Crippen molar-refractivity contribution in [3.8, 4) is 0 Å². The largest absolute Gasteiger partial charge is 0.481 e. The number of rotatable bonds is 4. The van der Waals surface area contributed by atoms with Crippen LogP contribution in [0.1, 0.15) is 31.9 Å². The van der Waals surface area contributed by atoms with E-state index in [1.165, 1.54) is 0 Å². The Morgan fingerprint density at radius 2 is 2.25 bits per heavy atom. The molecule has 88 valence electrons. The van der Waals surface area contributed by atoms with E-state index in [2.05, 4.69) is 20.9 Å². The Bertz CT molecular complexity index is 396. The Balaban J connectivity index is 3.06. The Morgan fingerprint density at radius 1 is 1.62 bits per heavy atom. The zero-order valence-corrected chi connectivity index (χ0v) is 11.4. The van der Waals surface area contributed by atoms with Gasteiger partial charge >= 0.3 is 5.97 Å². The standard InChI is InChI=1S/C11H13BrClNO2/c1-6(2)3-8(11(15)16)10-9(13)4-7(12)5-14-10/h4-6,8H,3H2,1-2H3,(H,15,16). The second-order valence-corrected chi connectivity index (χ2v) is 5.36. The summed E-state index contributed by atoms with van der Waals surface area (Å²) in [5.74, 6) is -1.24. The lowest BCUT2D eigenvalue weighted by molar-refractivity contribution is -0.139. The molecule has 1 unspecified atom stereocenters. The summed E-state index contributed by atoms with van der Waals surface area (Å²) in [6.45, 7) is 3.95. The van der Waals surface area contributed by atoms with Crippen LogP contribution < -0.4 is 0 Å². The number of nitrogens with zero attached hydrogens (tertiary/aromatic N) is 1. The van der Waals surface area contributed by atoms with E-state index < -0.39 is 11.9 Å². The van der Waals surface area contributed by atoms with Gasteiger partial charge in [0.25, 0.3) is 0 Å². The first-order chi connectivity index (χ1) is 7.41. The molecule has 0 fully saturated rings. The van der Waals surface area contributed by atoms with E-state index in [-0.39, 0.29) is 5.92 Å². The van der Waals surface area contributed by atoms with Crippen molar-refractivity contribution in [2.24, 2.45) is 5.92 Å². The Hall–Kier alpha value is -0.610. The zero-order valence-electron chi connectivity index (χ0n) is 9.08. The second-order valence-electron chi connectivity index (χ2n) is 4.04. The van der Waals surface area contributed by atoms with Crippen LogP contribution in [0.25, 0.3) is 0 Å². The highest BCUT2D eigenvalue weighted by molar-refractivity contribution is 9.10. The molecule has 0 aliphatic carbocycles. The highest BCUT2D eigenvalue weighted by atomic mass is 79.9. The third kappa shape index (κ3) is 3.46. The molecule has 1 N–H and O–H groups in total. The molecular formula is C11H13BrClNO2. The molecule has 0 saturated heterocycles. The maximum absolute atomic E-state index is 11.2. The molecule has 0 aliphatic heterocycles. The lowest BCUT2D eigenvalue weighted by Gasteiger charge is -2.15. The van der Waals surface area contributed by atoms with E-state index in [9.17, 15) is 4.79 Å². The molecule has 16 heavy (non-hydrogen) atoms. The first-order valence-electron chi connectivity index (χ1n) is 4.95. The zero-order chi connectivity index (χ0) is 12.3. The number of carboxylic acids is 1. The van der Waals surface area contributed by atoms with Crippen molar-refractivity contribution in [1.82, 2.24) is 4.98 Å². The molecule has 0 aromatic carbocycles. The monoisotopic (exact) mass is 305 g/mol.